The molecule has 12 heteroatoms. The molecule has 0 radical (unpaired) electrons. The monoisotopic (exact) mass is 497 g/mol. The maximum atomic E-state index is 13.2. The second-order valence-corrected chi connectivity index (χ2v) is 10.6. The van der Waals surface area contributed by atoms with E-state index in [0.717, 1.165) is 0 Å². The molecule has 2 heterocycles. The average molecular weight is 498 g/mol. The summed E-state index contributed by atoms with van der Waals surface area (Å²) in [6.45, 7) is 3.61. The van der Waals surface area contributed by atoms with Crippen molar-refractivity contribution in [2.45, 2.75) is 43.5 Å². The predicted octanol–water partition coefficient (Wildman–Crippen LogP) is 2.85. The van der Waals surface area contributed by atoms with Crippen LogP contribution in [0, 0.1) is 0 Å². The van der Waals surface area contributed by atoms with E-state index in [1.807, 2.05) is 0 Å². The van der Waals surface area contributed by atoms with Gasteiger partial charge in [-0.1, -0.05) is 11.6 Å². The maximum Gasteiger partial charge on any atom is 0.401 e. The van der Waals surface area contributed by atoms with Crippen molar-refractivity contribution >= 4 is 27.5 Å². The van der Waals surface area contributed by atoms with Crippen molar-refractivity contribution < 1.29 is 31.1 Å². The SMILES string of the molecule is CC1CN(S(=O)(=O)c2cc(C(=O)N3CCCN(CC(F)(F)F)CC3)ccc2Cl)CC(C)O1. The van der Waals surface area contributed by atoms with Gasteiger partial charge in [-0.3, -0.25) is 9.69 Å². The van der Waals surface area contributed by atoms with Crippen molar-refractivity contribution in [1.82, 2.24) is 14.1 Å². The van der Waals surface area contributed by atoms with Crippen LogP contribution in [0.1, 0.15) is 30.6 Å². The Labute approximate surface area is 191 Å². The number of carbonyl (C=O) groups is 1. The van der Waals surface area contributed by atoms with Gasteiger partial charge in [-0.2, -0.15) is 17.5 Å². The van der Waals surface area contributed by atoms with Crippen LogP contribution in [0.15, 0.2) is 23.1 Å². The van der Waals surface area contributed by atoms with E-state index < -0.39 is 28.7 Å². The van der Waals surface area contributed by atoms with E-state index in [9.17, 15) is 26.4 Å². The first kappa shape index (κ1) is 25.2. The minimum absolute atomic E-state index is 0.000525. The third-order valence-corrected chi connectivity index (χ3v) is 7.77. The van der Waals surface area contributed by atoms with Crippen molar-refractivity contribution in [2.24, 2.45) is 0 Å². The summed E-state index contributed by atoms with van der Waals surface area (Å²) in [4.78, 5) is 15.6. The fourth-order valence-electron chi connectivity index (χ4n) is 4.07. The van der Waals surface area contributed by atoms with E-state index in [1.165, 1.54) is 32.3 Å². The van der Waals surface area contributed by atoms with Crippen molar-refractivity contribution in [3.05, 3.63) is 28.8 Å². The summed E-state index contributed by atoms with van der Waals surface area (Å²) in [5, 5.41) is 0.000525. The smallest absolute Gasteiger partial charge is 0.373 e. The first-order valence-electron chi connectivity index (χ1n) is 10.4. The van der Waals surface area contributed by atoms with Gasteiger partial charge in [0.05, 0.1) is 23.8 Å². The number of hydrogen-bond acceptors (Lipinski definition) is 5. The molecule has 0 N–H and O–H groups in total. The number of hydrogen-bond donors (Lipinski definition) is 0. The largest absolute Gasteiger partial charge is 0.401 e. The van der Waals surface area contributed by atoms with Crippen LogP contribution >= 0.6 is 11.6 Å². The molecule has 2 saturated heterocycles. The van der Waals surface area contributed by atoms with Gasteiger partial charge in [0.1, 0.15) is 4.90 Å². The Kier molecular flexibility index (Phi) is 7.76. The van der Waals surface area contributed by atoms with Crippen molar-refractivity contribution in [2.75, 3.05) is 45.8 Å². The molecule has 1 amide bonds. The highest BCUT2D eigenvalue weighted by Crippen LogP contribution is 2.29. The number of ether oxygens (including phenoxy) is 1. The molecule has 2 aliphatic heterocycles. The van der Waals surface area contributed by atoms with Crippen LogP contribution in [0.3, 0.4) is 0 Å². The Hall–Kier alpha value is -1.40. The van der Waals surface area contributed by atoms with Gasteiger partial charge < -0.3 is 9.64 Å². The summed E-state index contributed by atoms with van der Waals surface area (Å²) in [5.74, 6) is -0.435. The van der Waals surface area contributed by atoms with Gasteiger partial charge in [0.25, 0.3) is 5.91 Å². The number of morpholine rings is 1. The van der Waals surface area contributed by atoms with Gasteiger partial charge in [0.15, 0.2) is 0 Å². The quantitative estimate of drug-likeness (QED) is 0.640. The number of alkyl halides is 3. The van der Waals surface area contributed by atoms with Gasteiger partial charge in [-0.25, -0.2) is 8.42 Å². The molecule has 2 unspecified atom stereocenters. The highest BCUT2D eigenvalue weighted by atomic mass is 35.5. The van der Waals surface area contributed by atoms with Gasteiger partial charge in [-0.05, 0) is 38.5 Å². The lowest BCUT2D eigenvalue weighted by Gasteiger charge is -2.34. The second kappa shape index (κ2) is 9.84. The number of rotatable bonds is 4. The van der Waals surface area contributed by atoms with Crippen LogP contribution in [-0.4, -0.2) is 92.6 Å². The molecular formula is C20H27ClF3N3O4S. The zero-order chi connectivity index (χ0) is 23.7. The van der Waals surface area contributed by atoms with Gasteiger partial charge >= 0.3 is 6.18 Å². The first-order chi connectivity index (χ1) is 14.9. The molecule has 1 aromatic rings. The highest BCUT2D eigenvalue weighted by Gasteiger charge is 2.35. The van der Waals surface area contributed by atoms with Crippen LogP contribution in [0.25, 0.3) is 0 Å². The molecule has 0 aliphatic carbocycles. The van der Waals surface area contributed by atoms with Crippen molar-refractivity contribution in [3.63, 3.8) is 0 Å². The second-order valence-electron chi connectivity index (χ2n) is 8.26. The summed E-state index contributed by atoms with van der Waals surface area (Å²) in [6.07, 6.45) is -4.47. The average Bonchev–Trinajstić information content (AvgIpc) is 2.91. The Morgan fingerprint density at radius 3 is 2.41 bits per heavy atom. The summed E-state index contributed by atoms with van der Waals surface area (Å²) in [5.41, 5.74) is 0.131. The fourth-order valence-corrected chi connectivity index (χ4v) is 6.16. The van der Waals surface area contributed by atoms with Crippen LogP contribution in [0.5, 0.6) is 0 Å². The zero-order valence-corrected chi connectivity index (χ0v) is 19.5. The predicted molar refractivity (Wildman–Crippen MR) is 113 cm³/mol. The van der Waals surface area contributed by atoms with Crippen LogP contribution in [0.4, 0.5) is 13.2 Å². The number of carbonyl (C=O) groups excluding carboxylic acids is 1. The van der Waals surface area contributed by atoms with E-state index in [1.54, 1.807) is 13.8 Å². The molecule has 3 rings (SSSR count). The van der Waals surface area contributed by atoms with E-state index in [-0.39, 0.29) is 67.0 Å². The molecule has 32 heavy (non-hydrogen) atoms. The number of sulfonamides is 1. The van der Waals surface area contributed by atoms with E-state index in [0.29, 0.717) is 6.42 Å². The molecule has 180 valence electrons. The minimum atomic E-state index is -4.30. The number of halogens is 4. The summed E-state index contributed by atoms with van der Waals surface area (Å²) < 4.78 is 71.4. The van der Waals surface area contributed by atoms with Crippen LogP contribution < -0.4 is 0 Å². The summed E-state index contributed by atoms with van der Waals surface area (Å²) in [6, 6.07) is 4.05. The van der Waals surface area contributed by atoms with Crippen molar-refractivity contribution in [1.29, 1.82) is 0 Å². The number of amides is 1. The summed E-state index contributed by atoms with van der Waals surface area (Å²) in [7, 11) is -3.96. The highest BCUT2D eigenvalue weighted by molar-refractivity contribution is 7.89. The first-order valence-corrected chi connectivity index (χ1v) is 12.2. The molecule has 2 atom stereocenters. The van der Waals surface area contributed by atoms with Crippen LogP contribution in [-0.2, 0) is 14.8 Å². The molecule has 7 nitrogen and oxygen atoms in total. The minimum Gasteiger partial charge on any atom is -0.373 e. The Balaban J connectivity index is 1.78. The van der Waals surface area contributed by atoms with Gasteiger partial charge in [0.2, 0.25) is 10.0 Å². The summed E-state index contributed by atoms with van der Waals surface area (Å²) >= 11 is 6.19. The lowest BCUT2D eigenvalue weighted by molar-refractivity contribution is -0.145. The molecule has 1 aromatic carbocycles. The van der Waals surface area contributed by atoms with Crippen LogP contribution in [0.2, 0.25) is 5.02 Å². The third kappa shape index (κ3) is 6.13. The van der Waals surface area contributed by atoms with E-state index in [2.05, 4.69) is 0 Å². The van der Waals surface area contributed by atoms with E-state index in [4.69, 9.17) is 16.3 Å². The zero-order valence-electron chi connectivity index (χ0n) is 17.9. The van der Waals surface area contributed by atoms with Crippen molar-refractivity contribution in [3.8, 4) is 0 Å². The Bertz CT molecular complexity index is 935. The lowest BCUT2D eigenvalue weighted by Crippen LogP contribution is -2.48. The fraction of sp³-hybridized carbons (Fsp3) is 0.650. The van der Waals surface area contributed by atoms with E-state index >= 15 is 0 Å². The third-order valence-electron chi connectivity index (χ3n) is 5.46. The topological polar surface area (TPSA) is 70.2 Å². The normalized spacial score (nSPS) is 24.4. The van der Waals surface area contributed by atoms with Gasteiger partial charge in [-0.15, -0.1) is 0 Å². The Morgan fingerprint density at radius 2 is 1.78 bits per heavy atom. The lowest BCUT2D eigenvalue weighted by atomic mass is 10.2. The molecule has 2 aliphatic rings. The molecule has 2 fully saturated rings. The van der Waals surface area contributed by atoms with Gasteiger partial charge in [0, 0.05) is 44.8 Å². The maximum absolute atomic E-state index is 13.2. The molecule has 0 spiro atoms. The molecular weight excluding hydrogens is 471 g/mol. The Morgan fingerprint density at radius 1 is 1.12 bits per heavy atom. The number of nitrogens with zero attached hydrogens (tertiary/aromatic N) is 3. The standard InChI is InChI=1S/C20H27ClF3N3O4S/c1-14-11-27(12-15(2)31-14)32(29,30)18-10-16(4-5-17(18)21)19(28)26-7-3-6-25(8-9-26)13-20(22,23)24/h4-5,10,14-15H,3,6-9,11-13H2,1-2H3. The number of benzene rings is 1. The molecule has 0 aromatic heterocycles. The molecule has 0 saturated carbocycles. The molecule has 0 bridgehead atoms.